The van der Waals surface area contributed by atoms with Gasteiger partial charge < -0.3 is 4.74 Å². The quantitative estimate of drug-likeness (QED) is 0.803. The summed E-state index contributed by atoms with van der Waals surface area (Å²) in [5.74, 6) is 0.815. The lowest BCUT2D eigenvalue weighted by Crippen LogP contribution is -2.12. The smallest absolute Gasteiger partial charge is 0.211 e. The van der Waals surface area contributed by atoms with Crippen molar-refractivity contribution in [3.63, 3.8) is 0 Å². The van der Waals surface area contributed by atoms with Crippen LogP contribution in [0.25, 0.3) is 0 Å². The van der Waals surface area contributed by atoms with E-state index < -0.39 is 0 Å². The van der Waals surface area contributed by atoms with Crippen molar-refractivity contribution in [2.45, 2.75) is 34.2 Å². The zero-order chi connectivity index (χ0) is 14.9. The van der Waals surface area contributed by atoms with Gasteiger partial charge in [-0.2, -0.15) is 5.10 Å². The van der Waals surface area contributed by atoms with E-state index in [-0.39, 0.29) is 5.78 Å². The summed E-state index contributed by atoms with van der Waals surface area (Å²) in [4.78, 5) is 12.7. The first kappa shape index (κ1) is 14.3. The molecule has 1 aromatic carbocycles. The maximum atomic E-state index is 12.7. The van der Waals surface area contributed by atoms with E-state index in [1.54, 1.807) is 11.8 Å². The monoisotopic (exact) mass is 272 g/mol. The van der Waals surface area contributed by atoms with E-state index in [2.05, 4.69) is 5.10 Å². The standard InChI is InChI=1S/C16H20N2O2/c1-6-18-14(9-12(4)17-18)16(19)13-7-11(3)15(20-5)8-10(13)2/h7-9H,6H2,1-5H3. The normalized spacial score (nSPS) is 10.7. The molecule has 0 aliphatic carbocycles. The van der Waals surface area contributed by atoms with Gasteiger partial charge in [-0.05, 0) is 57.0 Å². The summed E-state index contributed by atoms with van der Waals surface area (Å²) in [6, 6.07) is 5.63. The fourth-order valence-electron chi connectivity index (χ4n) is 2.36. The van der Waals surface area contributed by atoms with Crippen molar-refractivity contribution in [3.05, 3.63) is 46.3 Å². The Bertz CT molecular complexity index is 657. The van der Waals surface area contributed by atoms with Crippen LogP contribution in [0.3, 0.4) is 0 Å². The van der Waals surface area contributed by atoms with Gasteiger partial charge in [-0.3, -0.25) is 9.48 Å². The van der Waals surface area contributed by atoms with Crippen molar-refractivity contribution < 1.29 is 9.53 Å². The zero-order valence-electron chi connectivity index (χ0n) is 12.7. The van der Waals surface area contributed by atoms with Crippen LogP contribution in [0.15, 0.2) is 18.2 Å². The average molecular weight is 272 g/mol. The minimum atomic E-state index is 0.00991. The summed E-state index contributed by atoms with van der Waals surface area (Å²) in [6.07, 6.45) is 0. The summed E-state index contributed by atoms with van der Waals surface area (Å²) in [5.41, 5.74) is 4.08. The Kier molecular flexibility index (Phi) is 3.93. The van der Waals surface area contributed by atoms with Crippen LogP contribution in [0, 0.1) is 20.8 Å². The van der Waals surface area contributed by atoms with Gasteiger partial charge in [-0.25, -0.2) is 0 Å². The highest BCUT2D eigenvalue weighted by Gasteiger charge is 2.18. The highest BCUT2D eigenvalue weighted by atomic mass is 16.5. The van der Waals surface area contributed by atoms with Gasteiger partial charge in [-0.1, -0.05) is 0 Å². The van der Waals surface area contributed by atoms with Gasteiger partial charge in [0.15, 0.2) is 0 Å². The number of carbonyl (C=O) groups is 1. The number of ether oxygens (including phenoxy) is 1. The number of hydrogen-bond acceptors (Lipinski definition) is 3. The average Bonchev–Trinajstić information content (AvgIpc) is 2.81. The molecule has 0 fully saturated rings. The minimum absolute atomic E-state index is 0.00991. The van der Waals surface area contributed by atoms with E-state index in [1.165, 1.54) is 0 Å². The van der Waals surface area contributed by atoms with Crippen molar-refractivity contribution in [3.8, 4) is 5.75 Å². The highest BCUT2D eigenvalue weighted by Crippen LogP contribution is 2.24. The Balaban J connectivity index is 2.50. The van der Waals surface area contributed by atoms with Crippen LogP contribution in [-0.2, 0) is 6.54 Å². The van der Waals surface area contributed by atoms with Crippen molar-refractivity contribution in [1.82, 2.24) is 9.78 Å². The van der Waals surface area contributed by atoms with E-state index in [9.17, 15) is 4.79 Å². The molecule has 0 spiro atoms. The van der Waals surface area contributed by atoms with Crippen LogP contribution in [0.1, 0.15) is 39.8 Å². The van der Waals surface area contributed by atoms with E-state index in [0.29, 0.717) is 17.8 Å². The molecule has 0 unspecified atom stereocenters. The van der Waals surface area contributed by atoms with E-state index >= 15 is 0 Å². The van der Waals surface area contributed by atoms with Crippen molar-refractivity contribution in [2.24, 2.45) is 0 Å². The van der Waals surface area contributed by atoms with Gasteiger partial charge in [0, 0.05) is 12.1 Å². The van der Waals surface area contributed by atoms with E-state index in [1.807, 2.05) is 45.9 Å². The molecule has 2 rings (SSSR count). The Morgan fingerprint density at radius 3 is 2.50 bits per heavy atom. The predicted molar refractivity (Wildman–Crippen MR) is 78.5 cm³/mol. The van der Waals surface area contributed by atoms with Crippen LogP contribution in [-0.4, -0.2) is 22.7 Å². The molecule has 4 nitrogen and oxygen atoms in total. The molecule has 0 N–H and O–H groups in total. The summed E-state index contributed by atoms with van der Waals surface area (Å²) < 4.78 is 7.03. The topological polar surface area (TPSA) is 44.1 Å². The molecule has 106 valence electrons. The summed E-state index contributed by atoms with van der Waals surface area (Å²) in [6.45, 7) is 8.43. The molecule has 1 aromatic heterocycles. The van der Waals surface area contributed by atoms with Crippen LogP contribution >= 0.6 is 0 Å². The largest absolute Gasteiger partial charge is 0.496 e. The summed E-state index contributed by atoms with van der Waals surface area (Å²) >= 11 is 0. The van der Waals surface area contributed by atoms with Crippen molar-refractivity contribution in [1.29, 1.82) is 0 Å². The molecule has 4 heteroatoms. The van der Waals surface area contributed by atoms with Gasteiger partial charge in [0.05, 0.1) is 12.8 Å². The Morgan fingerprint density at radius 2 is 1.90 bits per heavy atom. The van der Waals surface area contributed by atoms with Crippen LogP contribution in [0.5, 0.6) is 5.75 Å². The Hall–Kier alpha value is -2.10. The fourth-order valence-corrected chi connectivity index (χ4v) is 2.36. The van der Waals surface area contributed by atoms with Gasteiger partial charge in [-0.15, -0.1) is 0 Å². The van der Waals surface area contributed by atoms with Gasteiger partial charge in [0.25, 0.3) is 0 Å². The van der Waals surface area contributed by atoms with E-state index in [0.717, 1.165) is 22.6 Å². The number of nitrogens with zero attached hydrogens (tertiary/aromatic N) is 2. The molecule has 0 saturated carbocycles. The number of methoxy groups -OCH3 is 1. The SMILES string of the molecule is CCn1nc(C)cc1C(=O)c1cc(C)c(OC)cc1C. The maximum Gasteiger partial charge on any atom is 0.211 e. The number of aromatic nitrogens is 2. The first-order valence-corrected chi connectivity index (χ1v) is 6.72. The minimum Gasteiger partial charge on any atom is -0.496 e. The van der Waals surface area contributed by atoms with Crippen molar-refractivity contribution >= 4 is 5.78 Å². The first-order valence-electron chi connectivity index (χ1n) is 6.72. The second kappa shape index (κ2) is 5.49. The van der Waals surface area contributed by atoms with Crippen LogP contribution < -0.4 is 4.74 Å². The lowest BCUT2D eigenvalue weighted by atomic mass is 9.99. The zero-order valence-corrected chi connectivity index (χ0v) is 12.7. The predicted octanol–water partition coefficient (Wildman–Crippen LogP) is 3.07. The molecule has 20 heavy (non-hydrogen) atoms. The molecular weight excluding hydrogens is 252 g/mol. The number of carbonyl (C=O) groups excluding carboxylic acids is 1. The van der Waals surface area contributed by atoms with E-state index in [4.69, 9.17) is 4.74 Å². The first-order chi connectivity index (χ1) is 9.47. The summed E-state index contributed by atoms with van der Waals surface area (Å²) in [5, 5.41) is 4.33. The second-order valence-corrected chi connectivity index (χ2v) is 4.95. The molecule has 0 radical (unpaired) electrons. The van der Waals surface area contributed by atoms with Gasteiger partial charge >= 0.3 is 0 Å². The fraction of sp³-hybridized carbons (Fsp3) is 0.375. The van der Waals surface area contributed by atoms with Crippen molar-refractivity contribution in [2.75, 3.05) is 7.11 Å². The molecule has 2 aromatic rings. The number of hydrogen-bond donors (Lipinski definition) is 0. The van der Waals surface area contributed by atoms with Crippen LogP contribution in [0.2, 0.25) is 0 Å². The van der Waals surface area contributed by atoms with Gasteiger partial charge in [0.1, 0.15) is 11.4 Å². The Morgan fingerprint density at radius 1 is 1.20 bits per heavy atom. The lowest BCUT2D eigenvalue weighted by Gasteiger charge is -2.11. The number of rotatable bonds is 4. The number of ketones is 1. The third-order valence-electron chi connectivity index (χ3n) is 3.42. The molecule has 0 aliphatic heterocycles. The second-order valence-electron chi connectivity index (χ2n) is 4.95. The molecule has 1 heterocycles. The van der Waals surface area contributed by atoms with Gasteiger partial charge in [0.2, 0.25) is 5.78 Å². The number of aryl methyl sites for hydroxylation is 4. The number of benzene rings is 1. The third-order valence-corrected chi connectivity index (χ3v) is 3.42. The highest BCUT2D eigenvalue weighted by molar-refractivity contribution is 6.09. The maximum absolute atomic E-state index is 12.7. The molecule has 0 bridgehead atoms. The third kappa shape index (κ3) is 2.46. The molecule has 0 saturated heterocycles. The van der Waals surface area contributed by atoms with Crippen LogP contribution in [0.4, 0.5) is 0 Å². The molecular formula is C16H20N2O2. The molecule has 0 amide bonds. The Labute approximate surface area is 119 Å². The lowest BCUT2D eigenvalue weighted by molar-refractivity contribution is 0.102. The molecule has 0 atom stereocenters. The molecule has 0 aliphatic rings. The summed E-state index contributed by atoms with van der Waals surface area (Å²) in [7, 11) is 1.64.